The number of nitrogens with two attached hydrogens (primary N) is 2. The highest BCUT2D eigenvalue weighted by atomic mass is 35.5. The molecule has 2 atom stereocenters. The molecule has 1 aliphatic rings. The monoisotopic (exact) mass is 358 g/mol. The van der Waals surface area contributed by atoms with Crippen LogP contribution in [0.25, 0.3) is 10.9 Å². The quantitative estimate of drug-likeness (QED) is 0.769. The number of aromatic nitrogens is 1. The van der Waals surface area contributed by atoms with Crippen LogP contribution in [-0.4, -0.2) is 36.2 Å². The number of aryl methyl sites for hydroxylation is 2. The number of primary amides is 1. The van der Waals surface area contributed by atoms with E-state index in [0.29, 0.717) is 23.1 Å². The molecule has 0 aliphatic carbocycles. The summed E-state index contributed by atoms with van der Waals surface area (Å²) in [6.07, 6.45) is -0.828. The number of H-pyrrole nitrogens is 1. The second-order valence-corrected chi connectivity index (χ2v) is 6.16. The molecule has 3 rings (SSSR count). The molecule has 0 saturated carbocycles. The zero-order valence-electron chi connectivity index (χ0n) is 13.5. The molecule has 1 amide bonds. The summed E-state index contributed by atoms with van der Waals surface area (Å²) < 4.78 is 28.4. The van der Waals surface area contributed by atoms with Gasteiger partial charge in [-0.05, 0) is 31.9 Å². The first-order valence-electron chi connectivity index (χ1n) is 7.57. The van der Waals surface area contributed by atoms with Gasteiger partial charge >= 0.3 is 0 Å². The molecule has 5 nitrogen and oxygen atoms in total. The lowest BCUT2D eigenvalue weighted by Gasteiger charge is -2.35. The van der Waals surface area contributed by atoms with E-state index < -0.39 is 23.9 Å². The maximum absolute atomic E-state index is 14.7. The molecule has 1 fully saturated rings. The van der Waals surface area contributed by atoms with E-state index in [-0.39, 0.29) is 30.9 Å². The van der Waals surface area contributed by atoms with Crippen molar-refractivity contribution in [2.24, 2.45) is 11.5 Å². The van der Waals surface area contributed by atoms with Crippen LogP contribution >= 0.6 is 12.4 Å². The zero-order chi connectivity index (χ0) is 16.9. The first-order valence-corrected chi connectivity index (χ1v) is 7.57. The van der Waals surface area contributed by atoms with E-state index in [4.69, 9.17) is 11.5 Å². The highest BCUT2D eigenvalue weighted by Gasteiger charge is 2.30. The molecule has 0 bridgehead atoms. The number of nitrogens with one attached hydrogen (secondary N) is 1. The van der Waals surface area contributed by atoms with Gasteiger partial charge in [-0.25, -0.2) is 8.78 Å². The largest absolute Gasteiger partial charge is 0.367 e. The van der Waals surface area contributed by atoms with Crippen molar-refractivity contribution >= 4 is 34.9 Å². The van der Waals surface area contributed by atoms with Crippen molar-refractivity contribution in [3.8, 4) is 0 Å². The number of alkyl halides is 1. The summed E-state index contributed by atoms with van der Waals surface area (Å²) >= 11 is 0. The molecule has 0 spiro atoms. The van der Waals surface area contributed by atoms with Gasteiger partial charge in [0.05, 0.1) is 22.8 Å². The number of aromatic amines is 1. The predicted molar refractivity (Wildman–Crippen MR) is 93.2 cm³/mol. The molecule has 132 valence electrons. The van der Waals surface area contributed by atoms with E-state index in [2.05, 4.69) is 4.98 Å². The first-order chi connectivity index (χ1) is 10.8. The molecular weight excluding hydrogens is 338 g/mol. The first kappa shape index (κ1) is 18.5. The fraction of sp³-hybridized carbons (Fsp3) is 0.438. The molecule has 24 heavy (non-hydrogen) atoms. The standard InChI is InChI=1S/C16H20F2N4O.ClH/c1-7-8(2)21-14-9(16(20)23)5-11(18)15(13(7)14)22-4-3-10(17)12(19)6-22;/h5,10,12,21H,3-4,6,19H2,1-2H3,(H2,20,23);1H/t10-,12-;/m0./s1. The van der Waals surface area contributed by atoms with E-state index in [1.54, 1.807) is 4.90 Å². The van der Waals surface area contributed by atoms with E-state index in [9.17, 15) is 13.6 Å². The fourth-order valence-corrected chi connectivity index (χ4v) is 3.26. The van der Waals surface area contributed by atoms with Crippen LogP contribution in [0.1, 0.15) is 28.0 Å². The molecule has 0 radical (unpaired) electrons. The average Bonchev–Trinajstić information content (AvgIpc) is 2.77. The third-order valence-electron chi connectivity index (χ3n) is 4.66. The van der Waals surface area contributed by atoms with Crippen molar-refractivity contribution in [2.75, 3.05) is 18.0 Å². The summed E-state index contributed by atoms with van der Waals surface area (Å²) in [6.45, 7) is 4.30. The van der Waals surface area contributed by atoms with Crippen LogP contribution in [0, 0.1) is 19.7 Å². The molecule has 5 N–H and O–H groups in total. The molecule has 1 aromatic heterocycles. The number of nitrogens with zero attached hydrogens (tertiary/aromatic N) is 1. The highest BCUT2D eigenvalue weighted by Crippen LogP contribution is 2.37. The normalized spacial score (nSPS) is 21.0. The molecule has 2 heterocycles. The number of fused-ring (bicyclic) bond motifs is 1. The number of benzene rings is 1. The van der Waals surface area contributed by atoms with Gasteiger partial charge in [0.2, 0.25) is 0 Å². The zero-order valence-corrected chi connectivity index (χ0v) is 14.3. The van der Waals surface area contributed by atoms with Crippen molar-refractivity contribution in [2.45, 2.75) is 32.5 Å². The van der Waals surface area contributed by atoms with E-state index in [1.807, 2.05) is 13.8 Å². The number of piperidine rings is 1. The van der Waals surface area contributed by atoms with Gasteiger partial charge in [-0.3, -0.25) is 4.79 Å². The number of hydrogen-bond donors (Lipinski definition) is 3. The summed E-state index contributed by atoms with van der Waals surface area (Å²) in [7, 11) is 0. The summed E-state index contributed by atoms with van der Waals surface area (Å²) in [5.74, 6) is -1.24. The second-order valence-electron chi connectivity index (χ2n) is 6.16. The Labute approximate surface area is 144 Å². The van der Waals surface area contributed by atoms with Crippen molar-refractivity contribution < 1.29 is 13.6 Å². The Kier molecular flexibility index (Phi) is 5.05. The molecule has 1 aromatic carbocycles. The molecule has 1 aliphatic heterocycles. The Bertz CT molecular complexity index is 792. The molecule has 1 saturated heterocycles. The lowest BCUT2D eigenvalue weighted by molar-refractivity contribution is 0.100. The topological polar surface area (TPSA) is 88.1 Å². The highest BCUT2D eigenvalue weighted by molar-refractivity contribution is 6.10. The van der Waals surface area contributed by atoms with Crippen molar-refractivity contribution in [3.63, 3.8) is 0 Å². The number of carbonyl (C=O) groups excluding carboxylic acids is 1. The summed E-state index contributed by atoms with van der Waals surface area (Å²) in [4.78, 5) is 16.5. The SMILES string of the molecule is Cc1[nH]c2c(C(N)=O)cc(F)c(N3CC[C@H](F)[C@@H](N)C3)c2c1C.Cl. The van der Waals surface area contributed by atoms with Crippen molar-refractivity contribution in [1.82, 2.24) is 4.98 Å². The van der Waals surface area contributed by atoms with Crippen molar-refractivity contribution in [3.05, 3.63) is 28.7 Å². The minimum Gasteiger partial charge on any atom is -0.367 e. The minimum absolute atomic E-state index is 0. The van der Waals surface area contributed by atoms with Crippen LogP contribution in [0.4, 0.5) is 14.5 Å². The van der Waals surface area contributed by atoms with Gasteiger partial charge in [0, 0.05) is 24.2 Å². The lowest BCUT2D eigenvalue weighted by Crippen LogP contribution is -2.50. The minimum atomic E-state index is -1.08. The van der Waals surface area contributed by atoms with Gasteiger partial charge < -0.3 is 21.4 Å². The van der Waals surface area contributed by atoms with Gasteiger partial charge in [-0.2, -0.15) is 0 Å². The Morgan fingerprint density at radius 1 is 1.42 bits per heavy atom. The van der Waals surface area contributed by atoms with E-state index in [0.717, 1.165) is 17.3 Å². The smallest absolute Gasteiger partial charge is 0.250 e. The Hall–Kier alpha value is -1.86. The number of hydrogen-bond acceptors (Lipinski definition) is 3. The van der Waals surface area contributed by atoms with Crippen LogP contribution in [0.15, 0.2) is 6.07 Å². The molecule has 8 heteroatoms. The summed E-state index contributed by atoms with van der Waals surface area (Å²) in [5.41, 5.74) is 13.8. The van der Waals surface area contributed by atoms with Crippen molar-refractivity contribution in [1.29, 1.82) is 0 Å². The molecule has 0 unspecified atom stereocenters. The van der Waals surface area contributed by atoms with Gasteiger partial charge in [0.15, 0.2) is 0 Å². The maximum atomic E-state index is 14.7. The summed E-state index contributed by atoms with van der Waals surface area (Å²) in [5, 5.41) is 0.612. The number of carbonyl (C=O) groups is 1. The van der Waals surface area contributed by atoms with Gasteiger partial charge in [-0.1, -0.05) is 0 Å². The third-order valence-corrected chi connectivity index (χ3v) is 4.66. The van der Waals surface area contributed by atoms with E-state index >= 15 is 0 Å². The Morgan fingerprint density at radius 3 is 2.67 bits per heavy atom. The number of anilines is 1. The third kappa shape index (κ3) is 2.82. The van der Waals surface area contributed by atoms with Gasteiger partial charge in [-0.15, -0.1) is 12.4 Å². The van der Waals surface area contributed by atoms with Crippen LogP contribution in [0.5, 0.6) is 0 Å². The Balaban J connectivity index is 0.00000208. The number of amides is 1. The second kappa shape index (κ2) is 6.57. The van der Waals surface area contributed by atoms with Gasteiger partial charge in [0.1, 0.15) is 12.0 Å². The lowest BCUT2D eigenvalue weighted by atomic mass is 10.00. The van der Waals surface area contributed by atoms with Crippen LogP contribution < -0.4 is 16.4 Å². The average molecular weight is 359 g/mol. The van der Waals surface area contributed by atoms with Crippen LogP contribution in [0.2, 0.25) is 0 Å². The maximum Gasteiger partial charge on any atom is 0.250 e. The fourth-order valence-electron chi connectivity index (χ4n) is 3.26. The molecule has 2 aromatic rings. The van der Waals surface area contributed by atoms with Gasteiger partial charge in [0.25, 0.3) is 5.91 Å². The van der Waals surface area contributed by atoms with E-state index in [1.165, 1.54) is 0 Å². The molecular formula is C16H21ClF2N4O. The summed E-state index contributed by atoms with van der Waals surface area (Å²) in [6, 6.07) is 0.483. The predicted octanol–water partition coefficient (Wildman–Crippen LogP) is 2.32. The number of rotatable bonds is 2. The van der Waals surface area contributed by atoms with Crippen LogP contribution in [-0.2, 0) is 0 Å². The van der Waals surface area contributed by atoms with Crippen LogP contribution in [0.3, 0.4) is 0 Å². The number of halogens is 3. The Morgan fingerprint density at radius 2 is 2.08 bits per heavy atom.